The van der Waals surface area contributed by atoms with Gasteiger partial charge in [-0.25, -0.2) is 8.42 Å². The Morgan fingerprint density at radius 3 is 2.39 bits per heavy atom. The average molecular weight is 346 g/mol. The molecular formula is C15H26N2O5S. The van der Waals surface area contributed by atoms with Gasteiger partial charge >= 0.3 is 5.97 Å². The van der Waals surface area contributed by atoms with Gasteiger partial charge in [-0.1, -0.05) is 0 Å². The molecule has 1 amide bonds. The quantitative estimate of drug-likeness (QED) is 0.803. The van der Waals surface area contributed by atoms with Crippen molar-refractivity contribution in [2.24, 2.45) is 0 Å². The zero-order valence-corrected chi connectivity index (χ0v) is 14.4. The highest BCUT2D eigenvalue weighted by atomic mass is 32.2. The van der Waals surface area contributed by atoms with Gasteiger partial charge in [-0.3, -0.25) is 9.59 Å². The topological polar surface area (TPSA) is 95.0 Å². The Labute approximate surface area is 137 Å². The lowest BCUT2D eigenvalue weighted by molar-refractivity contribution is -0.142. The molecule has 7 nitrogen and oxygen atoms in total. The van der Waals surface area contributed by atoms with E-state index in [4.69, 9.17) is 0 Å². The van der Waals surface area contributed by atoms with Crippen molar-refractivity contribution in [1.82, 2.24) is 9.21 Å². The van der Waals surface area contributed by atoms with Crippen LogP contribution in [0.5, 0.6) is 0 Å². The van der Waals surface area contributed by atoms with E-state index in [1.807, 2.05) is 0 Å². The molecule has 0 aromatic rings. The number of hydrogen-bond donors (Lipinski definition) is 1. The molecule has 0 aliphatic carbocycles. The average Bonchev–Trinajstić information content (AvgIpc) is 2.53. The molecule has 0 radical (unpaired) electrons. The standard InChI is InChI=1S/C15H26N2O5S/c1-12(18)16-9-4-2-6-13(16)8-11-23(21,22)17-10-5-3-7-14(17)15(19)20/h13-14H,2-11H2,1H3,(H,19,20). The first-order valence-electron chi connectivity index (χ1n) is 8.32. The van der Waals surface area contributed by atoms with Gasteiger partial charge in [0, 0.05) is 26.1 Å². The molecule has 23 heavy (non-hydrogen) atoms. The fourth-order valence-electron chi connectivity index (χ4n) is 3.60. The maximum Gasteiger partial charge on any atom is 0.322 e. The Kier molecular flexibility index (Phi) is 6.02. The van der Waals surface area contributed by atoms with Crippen LogP contribution in [-0.2, 0) is 19.6 Å². The number of nitrogens with zero attached hydrogens (tertiary/aromatic N) is 2. The Morgan fingerprint density at radius 1 is 1.09 bits per heavy atom. The third-order valence-corrected chi connectivity index (χ3v) is 6.74. The summed E-state index contributed by atoms with van der Waals surface area (Å²) in [5.74, 6) is -1.18. The number of amides is 1. The number of carbonyl (C=O) groups excluding carboxylic acids is 1. The Balaban J connectivity index is 2.02. The normalized spacial score (nSPS) is 26.9. The number of hydrogen-bond acceptors (Lipinski definition) is 4. The second kappa shape index (κ2) is 7.61. The molecule has 8 heteroatoms. The lowest BCUT2D eigenvalue weighted by Crippen LogP contribution is -2.50. The summed E-state index contributed by atoms with van der Waals surface area (Å²) in [6.07, 6.45) is 4.96. The van der Waals surface area contributed by atoms with Crippen molar-refractivity contribution in [3.63, 3.8) is 0 Å². The molecule has 0 saturated carbocycles. The van der Waals surface area contributed by atoms with Crippen LogP contribution in [0.4, 0.5) is 0 Å². The van der Waals surface area contributed by atoms with Gasteiger partial charge in [-0.15, -0.1) is 0 Å². The predicted octanol–water partition coefficient (Wildman–Crippen LogP) is 1.05. The van der Waals surface area contributed by atoms with Crippen LogP contribution < -0.4 is 0 Å². The van der Waals surface area contributed by atoms with Gasteiger partial charge in [0.15, 0.2) is 0 Å². The van der Waals surface area contributed by atoms with Crippen LogP contribution in [0, 0.1) is 0 Å². The molecule has 2 rings (SSSR count). The summed E-state index contributed by atoms with van der Waals surface area (Å²) >= 11 is 0. The van der Waals surface area contributed by atoms with Gasteiger partial charge in [-0.2, -0.15) is 4.31 Å². The van der Waals surface area contributed by atoms with Crippen LogP contribution in [0.25, 0.3) is 0 Å². The monoisotopic (exact) mass is 346 g/mol. The molecule has 0 aromatic carbocycles. The van der Waals surface area contributed by atoms with E-state index in [1.54, 1.807) is 4.90 Å². The summed E-state index contributed by atoms with van der Waals surface area (Å²) in [4.78, 5) is 24.7. The molecule has 2 aliphatic heterocycles. The highest BCUT2D eigenvalue weighted by Gasteiger charge is 2.37. The van der Waals surface area contributed by atoms with Crippen molar-refractivity contribution in [2.45, 2.75) is 64.0 Å². The van der Waals surface area contributed by atoms with Gasteiger partial charge in [0.25, 0.3) is 0 Å². The molecular weight excluding hydrogens is 320 g/mol. The minimum atomic E-state index is -3.61. The van der Waals surface area contributed by atoms with E-state index in [0.29, 0.717) is 25.8 Å². The van der Waals surface area contributed by atoms with Gasteiger partial charge in [0.1, 0.15) is 6.04 Å². The summed E-state index contributed by atoms with van der Waals surface area (Å²) in [7, 11) is -3.61. The fraction of sp³-hybridized carbons (Fsp3) is 0.867. The highest BCUT2D eigenvalue weighted by Crippen LogP contribution is 2.24. The summed E-state index contributed by atoms with van der Waals surface area (Å²) in [6.45, 7) is 2.47. The van der Waals surface area contributed by atoms with E-state index in [9.17, 15) is 23.1 Å². The van der Waals surface area contributed by atoms with Gasteiger partial charge in [0.2, 0.25) is 15.9 Å². The van der Waals surface area contributed by atoms with E-state index >= 15 is 0 Å². The first kappa shape index (κ1) is 18.2. The molecule has 2 atom stereocenters. The second-order valence-corrected chi connectivity index (χ2v) is 8.47. The molecule has 2 aliphatic rings. The summed E-state index contributed by atoms with van der Waals surface area (Å²) < 4.78 is 26.3. The fourth-order valence-corrected chi connectivity index (χ4v) is 5.40. The largest absolute Gasteiger partial charge is 0.480 e. The maximum atomic E-state index is 12.6. The second-order valence-electron chi connectivity index (χ2n) is 6.43. The third-order valence-electron chi connectivity index (χ3n) is 4.84. The van der Waals surface area contributed by atoms with E-state index in [0.717, 1.165) is 30.0 Å². The van der Waals surface area contributed by atoms with Crippen molar-refractivity contribution in [2.75, 3.05) is 18.8 Å². The smallest absolute Gasteiger partial charge is 0.322 e. The molecule has 0 bridgehead atoms. The lowest BCUT2D eigenvalue weighted by atomic mass is 10.00. The number of aliphatic carboxylic acids is 1. The van der Waals surface area contributed by atoms with Gasteiger partial charge in [-0.05, 0) is 44.9 Å². The summed E-state index contributed by atoms with van der Waals surface area (Å²) in [5.41, 5.74) is 0. The molecule has 132 valence electrons. The number of carboxylic acids is 1. The maximum absolute atomic E-state index is 12.6. The van der Waals surface area contributed by atoms with E-state index < -0.39 is 22.0 Å². The molecule has 1 N–H and O–H groups in total. The zero-order chi connectivity index (χ0) is 17.0. The zero-order valence-electron chi connectivity index (χ0n) is 13.6. The van der Waals surface area contributed by atoms with Crippen molar-refractivity contribution >= 4 is 21.9 Å². The predicted molar refractivity (Wildman–Crippen MR) is 85.4 cm³/mol. The Bertz CT molecular complexity index is 548. The van der Waals surface area contributed by atoms with Crippen LogP contribution in [0.2, 0.25) is 0 Å². The number of rotatable bonds is 5. The number of carboxylic acid groups (broad SMARTS) is 1. The van der Waals surface area contributed by atoms with E-state index in [1.165, 1.54) is 6.92 Å². The minimum Gasteiger partial charge on any atom is -0.480 e. The first-order chi connectivity index (χ1) is 10.8. The van der Waals surface area contributed by atoms with Crippen molar-refractivity contribution in [3.8, 4) is 0 Å². The number of piperidine rings is 2. The van der Waals surface area contributed by atoms with Gasteiger partial charge in [0.05, 0.1) is 5.75 Å². The van der Waals surface area contributed by atoms with E-state index in [2.05, 4.69) is 0 Å². The van der Waals surface area contributed by atoms with E-state index in [-0.39, 0.29) is 24.2 Å². The lowest BCUT2D eigenvalue weighted by Gasteiger charge is -2.36. The third kappa shape index (κ3) is 4.44. The molecule has 2 fully saturated rings. The van der Waals surface area contributed by atoms with Gasteiger partial charge < -0.3 is 10.0 Å². The highest BCUT2D eigenvalue weighted by molar-refractivity contribution is 7.89. The van der Waals surface area contributed by atoms with Crippen molar-refractivity contribution in [1.29, 1.82) is 0 Å². The minimum absolute atomic E-state index is 0.0199. The molecule has 0 aromatic heterocycles. The van der Waals surface area contributed by atoms with Crippen LogP contribution in [0.15, 0.2) is 0 Å². The van der Waals surface area contributed by atoms with Crippen LogP contribution >= 0.6 is 0 Å². The summed E-state index contributed by atoms with van der Waals surface area (Å²) in [6, 6.07) is -0.992. The van der Waals surface area contributed by atoms with Crippen LogP contribution in [-0.4, -0.2) is 65.5 Å². The molecule has 2 unspecified atom stereocenters. The molecule has 2 heterocycles. The molecule has 0 spiro atoms. The molecule has 2 saturated heterocycles. The van der Waals surface area contributed by atoms with Crippen LogP contribution in [0.3, 0.4) is 0 Å². The first-order valence-corrected chi connectivity index (χ1v) is 9.93. The Hall–Kier alpha value is -1.15. The number of likely N-dealkylation sites (tertiary alicyclic amines) is 1. The van der Waals surface area contributed by atoms with Crippen molar-refractivity contribution < 1.29 is 23.1 Å². The van der Waals surface area contributed by atoms with Crippen molar-refractivity contribution in [3.05, 3.63) is 0 Å². The summed E-state index contributed by atoms with van der Waals surface area (Å²) in [5, 5.41) is 9.24. The Morgan fingerprint density at radius 2 is 1.74 bits per heavy atom. The van der Waals surface area contributed by atoms with Crippen LogP contribution in [0.1, 0.15) is 51.9 Å². The number of sulfonamides is 1. The SMILES string of the molecule is CC(=O)N1CCCCC1CCS(=O)(=O)N1CCCCC1C(=O)O. The number of carbonyl (C=O) groups is 2.